The third kappa shape index (κ3) is 5.13. The van der Waals surface area contributed by atoms with Gasteiger partial charge in [0, 0.05) is 24.5 Å². The summed E-state index contributed by atoms with van der Waals surface area (Å²) in [7, 11) is 1.93. The van der Waals surface area contributed by atoms with E-state index >= 15 is 0 Å². The number of rotatable bonds is 7. The van der Waals surface area contributed by atoms with Crippen molar-refractivity contribution in [3.8, 4) is 6.07 Å². The normalized spacial score (nSPS) is 12.6. The lowest BCUT2D eigenvalue weighted by Crippen LogP contribution is -2.41. The van der Waals surface area contributed by atoms with Gasteiger partial charge in [0.25, 0.3) is 11.8 Å². The Morgan fingerprint density at radius 2 is 1.70 bits per heavy atom. The van der Waals surface area contributed by atoms with Gasteiger partial charge in [-0.1, -0.05) is 42.5 Å². The van der Waals surface area contributed by atoms with Crippen LogP contribution in [0.1, 0.15) is 43.1 Å². The van der Waals surface area contributed by atoms with Crippen molar-refractivity contribution in [2.45, 2.75) is 19.5 Å². The van der Waals surface area contributed by atoms with E-state index in [0.717, 1.165) is 24.2 Å². The van der Waals surface area contributed by atoms with Crippen molar-refractivity contribution in [1.82, 2.24) is 15.1 Å². The maximum Gasteiger partial charge on any atom is 0.277 e. The Hall–Kier alpha value is -4.74. The van der Waals surface area contributed by atoms with Crippen molar-refractivity contribution in [3.05, 3.63) is 113 Å². The highest BCUT2D eigenvalue weighted by Crippen LogP contribution is 2.25. The summed E-state index contributed by atoms with van der Waals surface area (Å²) < 4.78 is 1.57. The second kappa shape index (κ2) is 10.5. The van der Waals surface area contributed by atoms with Crippen LogP contribution < -0.4 is 15.5 Å². The number of amides is 2. The number of aromatic nitrogens is 2. The molecule has 1 aliphatic heterocycles. The Labute approximate surface area is 215 Å². The number of carbonyl (C=O) groups excluding carboxylic acids is 2. The largest absolute Gasteiger partial charge is 0.322 e. The van der Waals surface area contributed by atoms with Crippen molar-refractivity contribution in [3.63, 3.8) is 0 Å². The highest BCUT2D eigenvalue weighted by Gasteiger charge is 2.32. The van der Waals surface area contributed by atoms with Crippen LogP contribution in [0.3, 0.4) is 0 Å². The molecule has 4 aromatic rings. The summed E-state index contributed by atoms with van der Waals surface area (Å²) in [5.41, 5.74) is 5.77. The predicted octanol–water partition coefficient (Wildman–Crippen LogP) is 3.98. The fourth-order valence-electron chi connectivity index (χ4n) is 4.49. The molecule has 0 radical (unpaired) electrons. The molecule has 184 valence electrons. The van der Waals surface area contributed by atoms with Gasteiger partial charge in [0.05, 0.1) is 29.9 Å². The van der Waals surface area contributed by atoms with Crippen LogP contribution in [0.25, 0.3) is 0 Å². The molecule has 0 saturated carbocycles. The first-order valence-corrected chi connectivity index (χ1v) is 12.1. The Morgan fingerprint density at radius 1 is 1.00 bits per heavy atom. The molecule has 3 aromatic carbocycles. The van der Waals surface area contributed by atoms with Crippen LogP contribution in [-0.2, 0) is 19.5 Å². The molecule has 37 heavy (non-hydrogen) atoms. The number of anilines is 2. The van der Waals surface area contributed by atoms with E-state index in [4.69, 9.17) is 5.26 Å². The lowest BCUT2D eigenvalue weighted by molar-refractivity contribution is 0.0947. The smallest absolute Gasteiger partial charge is 0.277 e. The first-order valence-electron chi connectivity index (χ1n) is 12.1. The molecule has 8 nitrogen and oxygen atoms in total. The summed E-state index contributed by atoms with van der Waals surface area (Å²) in [6, 6.07) is 25.2. The number of fused-ring (bicyclic) bond motifs is 1. The second-order valence-corrected chi connectivity index (χ2v) is 8.92. The van der Waals surface area contributed by atoms with Gasteiger partial charge in [0.1, 0.15) is 5.69 Å². The number of nitriles is 1. The summed E-state index contributed by atoms with van der Waals surface area (Å²) in [5, 5.41) is 19.3. The van der Waals surface area contributed by atoms with Crippen LogP contribution in [0.15, 0.2) is 79.0 Å². The minimum absolute atomic E-state index is 0.204. The summed E-state index contributed by atoms with van der Waals surface area (Å²) in [6.07, 6.45) is 2.23. The van der Waals surface area contributed by atoms with Gasteiger partial charge in [-0.2, -0.15) is 10.4 Å². The van der Waals surface area contributed by atoms with Crippen LogP contribution in [0.5, 0.6) is 0 Å². The molecule has 2 N–H and O–H groups in total. The standard InChI is InChI=1S/C29H26N6O2/c1-31-18-22-7-5-20(6-8-22)15-21-9-11-25(12-10-21)34-13-14-35-27(29(34)37)26(19-32-35)28(36)33-24-4-2-3-23(16-24)17-30/h2-12,16,19,31H,13-15,18H2,1H3,(H,33,36). The molecule has 2 amide bonds. The molecule has 0 unspecified atom stereocenters. The zero-order valence-corrected chi connectivity index (χ0v) is 20.4. The minimum Gasteiger partial charge on any atom is -0.322 e. The predicted molar refractivity (Wildman–Crippen MR) is 141 cm³/mol. The Morgan fingerprint density at radius 3 is 2.41 bits per heavy atom. The van der Waals surface area contributed by atoms with Gasteiger partial charge in [0.2, 0.25) is 0 Å². The maximum atomic E-state index is 13.5. The molecule has 0 atom stereocenters. The zero-order valence-electron chi connectivity index (χ0n) is 20.4. The van der Waals surface area contributed by atoms with E-state index < -0.39 is 5.91 Å². The zero-order chi connectivity index (χ0) is 25.8. The molecule has 0 bridgehead atoms. The lowest BCUT2D eigenvalue weighted by Gasteiger charge is -2.28. The molecule has 0 aliphatic carbocycles. The summed E-state index contributed by atoms with van der Waals surface area (Å²) >= 11 is 0. The van der Waals surface area contributed by atoms with E-state index in [1.807, 2.05) is 37.4 Å². The number of nitrogens with one attached hydrogen (secondary N) is 2. The SMILES string of the molecule is CNCc1ccc(Cc2ccc(N3CCn4ncc(C(=O)Nc5cccc(C#N)c5)c4C3=O)cc2)cc1. The van der Waals surface area contributed by atoms with Crippen molar-refractivity contribution >= 4 is 23.2 Å². The van der Waals surface area contributed by atoms with E-state index in [0.29, 0.717) is 24.3 Å². The Balaban J connectivity index is 1.30. The van der Waals surface area contributed by atoms with Gasteiger partial charge >= 0.3 is 0 Å². The van der Waals surface area contributed by atoms with Gasteiger partial charge in [0.15, 0.2) is 0 Å². The van der Waals surface area contributed by atoms with Crippen molar-refractivity contribution in [2.75, 3.05) is 23.8 Å². The van der Waals surface area contributed by atoms with Crippen molar-refractivity contribution in [1.29, 1.82) is 5.26 Å². The monoisotopic (exact) mass is 490 g/mol. The van der Waals surface area contributed by atoms with E-state index in [1.54, 1.807) is 33.8 Å². The van der Waals surface area contributed by atoms with Gasteiger partial charge in [-0.05, 0) is 60.5 Å². The van der Waals surface area contributed by atoms with Crippen LogP contribution in [0.2, 0.25) is 0 Å². The summed E-state index contributed by atoms with van der Waals surface area (Å²) in [5.74, 6) is -0.713. The van der Waals surface area contributed by atoms with Gasteiger partial charge in [-0.25, -0.2) is 0 Å². The second-order valence-electron chi connectivity index (χ2n) is 8.92. The van der Waals surface area contributed by atoms with Gasteiger partial charge in [-0.15, -0.1) is 0 Å². The fourth-order valence-corrected chi connectivity index (χ4v) is 4.49. The molecule has 1 aliphatic rings. The van der Waals surface area contributed by atoms with E-state index in [-0.39, 0.29) is 17.2 Å². The molecule has 1 aromatic heterocycles. The summed E-state index contributed by atoms with van der Waals surface area (Å²) in [4.78, 5) is 28.1. The topological polar surface area (TPSA) is 103 Å². The van der Waals surface area contributed by atoms with Crippen LogP contribution in [-0.4, -0.2) is 35.2 Å². The fraction of sp³-hybridized carbons (Fsp3) is 0.172. The first kappa shape index (κ1) is 24.0. The van der Waals surface area contributed by atoms with E-state index in [9.17, 15) is 9.59 Å². The third-order valence-corrected chi connectivity index (χ3v) is 6.38. The minimum atomic E-state index is -0.442. The molecule has 0 saturated heterocycles. The quantitative estimate of drug-likeness (QED) is 0.408. The molecule has 0 fully saturated rings. The Kier molecular flexibility index (Phi) is 6.79. The maximum absolute atomic E-state index is 13.5. The lowest BCUT2D eigenvalue weighted by atomic mass is 10.0. The van der Waals surface area contributed by atoms with Crippen LogP contribution in [0, 0.1) is 11.3 Å². The number of benzene rings is 3. The molecule has 2 heterocycles. The van der Waals surface area contributed by atoms with Crippen molar-refractivity contribution in [2.24, 2.45) is 0 Å². The number of carbonyl (C=O) groups is 2. The number of hydrogen-bond acceptors (Lipinski definition) is 5. The molecular formula is C29H26N6O2. The Bertz CT molecular complexity index is 1480. The average Bonchev–Trinajstić information content (AvgIpc) is 3.36. The average molecular weight is 491 g/mol. The van der Waals surface area contributed by atoms with Gasteiger partial charge < -0.3 is 15.5 Å². The van der Waals surface area contributed by atoms with E-state index in [1.165, 1.54) is 17.3 Å². The first-order chi connectivity index (χ1) is 18.1. The summed E-state index contributed by atoms with van der Waals surface area (Å²) in [6.45, 7) is 1.79. The van der Waals surface area contributed by atoms with Gasteiger partial charge in [-0.3, -0.25) is 14.3 Å². The molecule has 8 heteroatoms. The number of hydrogen-bond donors (Lipinski definition) is 2. The molecular weight excluding hydrogens is 464 g/mol. The van der Waals surface area contributed by atoms with Crippen LogP contribution in [0.4, 0.5) is 11.4 Å². The highest BCUT2D eigenvalue weighted by atomic mass is 16.2. The molecule has 0 spiro atoms. The number of nitrogens with zero attached hydrogens (tertiary/aromatic N) is 4. The highest BCUT2D eigenvalue weighted by molar-refractivity contribution is 6.15. The van der Waals surface area contributed by atoms with Crippen LogP contribution >= 0.6 is 0 Å². The third-order valence-electron chi connectivity index (χ3n) is 6.38. The molecule has 5 rings (SSSR count). The van der Waals surface area contributed by atoms with E-state index in [2.05, 4.69) is 40.0 Å². The van der Waals surface area contributed by atoms with Crippen molar-refractivity contribution < 1.29 is 9.59 Å².